The van der Waals surface area contributed by atoms with Crippen molar-refractivity contribution in [2.24, 2.45) is 0 Å². The third-order valence-electron chi connectivity index (χ3n) is 6.33. The van der Waals surface area contributed by atoms with Gasteiger partial charge in [0.05, 0.1) is 20.1 Å². The number of ether oxygens (including phenoxy) is 2. The number of halogens is 1. The molecule has 3 atom stereocenters. The molecule has 0 saturated carbocycles. The topological polar surface area (TPSA) is 88.2 Å². The van der Waals surface area contributed by atoms with Crippen molar-refractivity contribution in [2.45, 2.75) is 64.5 Å². The molecule has 3 amide bonds. The van der Waals surface area contributed by atoms with Crippen molar-refractivity contribution in [3.8, 4) is 5.75 Å². The van der Waals surface area contributed by atoms with Gasteiger partial charge in [0.2, 0.25) is 11.8 Å². The molecular weight excluding hydrogens is 465 g/mol. The summed E-state index contributed by atoms with van der Waals surface area (Å²) in [5, 5.41) is 1.69. The van der Waals surface area contributed by atoms with Gasteiger partial charge in [-0.2, -0.15) is 0 Å². The molecule has 36 heavy (non-hydrogen) atoms. The van der Waals surface area contributed by atoms with Gasteiger partial charge in [-0.1, -0.05) is 18.2 Å². The van der Waals surface area contributed by atoms with Crippen LogP contribution in [0.1, 0.15) is 60.5 Å². The van der Waals surface area contributed by atoms with Gasteiger partial charge in [-0.25, -0.2) is 4.39 Å². The molecule has 2 saturated heterocycles. The number of rotatable bonds is 6. The third-order valence-corrected chi connectivity index (χ3v) is 6.33. The highest BCUT2D eigenvalue weighted by atomic mass is 19.1. The van der Waals surface area contributed by atoms with Crippen LogP contribution >= 0.6 is 0 Å². The number of carbonyl (C=O) groups is 3. The number of carbonyl (C=O) groups excluding carboxylic acids is 3. The van der Waals surface area contributed by atoms with Crippen molar-refractivity contribution in [2.75, 3.05) is 13.1 Å². The normalized spacial score (nSPS) is 31.5. The molecule has 3 heterocycles. The van der Waals surface area contributed by atoms with Crippen LogP contribution in [0.25, 0.3) is 0 Å². The number of amides is 3. The van der Waals surface area contributed by atoms with Crippen molar-refractivity contribution < 1.29 is 35.1 Å². The van der Waals surface area contributed by atoms with E-state index in [1.54, 1.807) is 11.4 Å². The first kappa shape index (κ1) is 18.9. The minimum Gasteiger partial charge on any atom is -0.488 e. The Bertz CT molecular complexity index is 1420. The fraction of sp³-hybridized carbons (Fsp3) is 0.444. The number of hydrogen-bond acceptors (Lipinski definition) is 6. The van der Waals surface area contributed by atoms with Crippen LogP contribution in [0.15, 0.2) is 36.4 Å². The fourth-order valence-corrected chi connectivity index (χ4v) is 4.81. The lowest BCUT2D eigenvalue weighted by Crippen LogP contribution is -2.52. The molecular formula is C27H30FN3O5. The molecule has 0 radical (unpaired) electrons. The standard InChI is InChI=1S/C27H30FN3O5/c1-16-11-30(12-17(2)36-16)13-18-6-7-19(22(28)10-18)15-35-24-5-3-4-20-21(24)14-31(27(20)34)23-8-9-25(32)29-26(23)33/h3-7,10,16-17,23H,8-9,11-15H2,1-2H3,(H,29,32,33)/i8D2,9D2,23D. The summed E-state index contributed by atoms with van der Waals surface area (Å²) in [5.74, 6) is -4.17. The summed E-state index contributed by atoms with van der Waals surface area (Å²) in [6.07, 6.45) is -6.46. The zero-order valence-electron chi connectivity index (χ0n) is 25.0. The van der Waals surface area contributed by atoms with Crippen molar-refractivity contribution in [1.82, 2.24) is 15.1 Å². The monoisotopic (exact) mass is 500 g/mol. The highest BCUT2D eigenvalue weighted by Crippen LogP contribution is 2.34. The summed E-state index contributed by atoms with van der Waals surface area (Å²) in [6.45, 7) is 5.42. The summed E-state index contributed by atoms with van der Waals surface area (Å²) in [6, 6.07) is 6.23. The van der Waals surface area contributed by atoms with Crippen LogP contribution in [0, 0.1) is 5.82 Å². The first-order valence-electron chi connectivity index (χ1n) is 14.2. The quantitative estimate of drug-likeness (QED) is 0.614. The third kappa shape index (κ3) is 4.99. The molecule has 9 heteroatoms. The lowest BCUT2D eigenvalue weighted by Gasteiger charge is -2.35. The Morgan fingerprint density at radius 3 is 2.72 bits per heavy atom. The van der Waals surface area contributed by atoms with E-state index >= 15 is 4.39 Å². The van der Waals surface area contributed by atoms with Gasteiger partial charge >= 0.3 is 0 Å². The molecule has 8 nitrogen and oxygen atoms in total. The second-order valence-corrected chi connectivity index (χ2v) is 9.22. The van der Waals surface area contributed by atoms with E-state index in [9.17, 15) is 14.4 Å². The SMILES string of the molecule is [2H]C1([2H])C(=O)NC(=O)C([2H])(N2Cc3c(OCc4ccc(CN5CC(C)OC(C)C5)cc4F)cccc3C2=O)C1([2H])[2H]. The van der Waals surface area contributed by atoms with Crippen LogP contribution in [0.2, 0.25) is 0 Å². The number of fused-ring (bicyclic) bond motifs is 1. The number of benzene rings is 2. The first-order chi connectivity index (χ1) is 19.2. The fourth-order valence-electron chi connectivity index (χ4n) is 4.81. The first-order valence-corrected chi connectivity index (χ1v) is 11.7. The molecule has 190 valence electrons. The lowest BCUT2D eigenvalue weighted by molar-refractivity contribution is -0.136. The predicted molar refractivity (Wildman–Crippen MR) is 129 cm³/mol. The highest BCUT2D eigenvalue weighted by molar-refractivity contribution is 6.05. The summed E-state index contributed by atoms with van der Waals surface area (Å²) in [4.78, 5) is 40.8. The Morgan fingerprint density at radius 1 is 1.19 bits per heavy atom. The van der Waals surface area contributed by atoms with Crippen LogP contribution in [-0.2, 0) is 34.0 Å². The van der Waals surface area contributed by atoms with E-state index in [0.717, 1.165) is 18.7 Å². The van der Waals surface area contributed by atoms with E-state index < -0.39 is 48.8 Å². The molecule has 0 spiro atoms. The van der Waals surface area contributed by atoms with Crippen LogP contribution in [0.4, 0.5) is 4.39 Å². The molecule has 1 N–H and O–H groups in total. The molecule has 2 fully saturated rings. The molecule has 0 bridgehead atoms. The van der Waals surface area contributed by atoms with E-state index in [2.05, 4.69) is 4.90 Å². The van der Waals surface area contributed by atoms with Gasteiger partial charge in [-0.05, 0) is 44.0 Å². The second kappa shape index (κ2) is 9.99. The Morgan fingerprint density at radius 2 is 1.97 bits per heavy atom. The zero-order valence-corrected chi connectivity index (χ0v) is 20.0. The molecule has 5 rings (SSSR count). The van der Waals surface area contributed by atoms with Gasteiger partial charge in [-0.3, -0.25) is 24.6 Å². The number of hydrogen-bond donors (Lipinski definition) is 1. The highest BCUT2D eigenvalue weighted by Gasteiger charge is 2.40. The van der Waals surface area contributed by atoms with E-state index in [-0.39, 0.29) is 41.3 Å². The van der Waals surface area contributed by atoms with Crippen LogP contribution in [0.3, 0.4) is 0 Å². The number of morpholine rings is 1. The van der Waals surface area contributed by atoms with Gasteiger partial charge in [-0.15, -0.1) is 0 Å². The average molecular weight is 501 g/mol. The number of piperidine rings is 1. The van der Waals surface area contributed by atoms with Crippen LogP contribution in [0.5, 0.6) is 5.75 Å². The van der Waals surface area contributed by atoms with E-state index in [4.69, 9.17) is 16.3 Å². The molecule has 3 aliphatic rings. The zero-order chi connectivity index (χ0) is 29.9. The average Bonchev–Trinajstić information content (AvgIpc) is 3.23. The summed E-state index contributed by atoms with van der Waals surface area (Å²) < 4.78 is 67.6. The van der Waals surface area contributed by atoms with E-state index in [1.807, 2.05) is 19.9 Å². The molecule has 3 unspecified atom stereocenters. The van der Waals surface area contributed by atoms with Crippen molar-refractivity contribution in [1.29, 1.82) is 0 Å². The molecule has 0 aliphatic carbocycles. The number of imide groups is 1. The Labute approximate surface area is 216 Å². The number of nitrogens with zero attached hydrogens (tertiary/aromatic N) is 2. The second-order valence-electron chi connectivity index (χ2n) is 9.22. The molecule has 2 aromatic rings. The Kier molecular flexibility index (Phi) is 5.24. The maximum Gasteiger partial charge on any atom is 0.255 e. The van der Waals surface area contributed by atoms with Crippen LogP contribution < -0.4 is 10.1 Å². The Hall–Kier alpha value is -3.30. The number of nitrogens with one attached hydrogen (secondary N) is 1. The van der Waals surface area contributed by atoms with Crippen LogP contribution in [-0.4, -0.2) is 58.8 Å². The van der Waals surface area contributed by atoms with E-state index in [1.165, 1.54) is 24.3 Å². The molecule has 2 aromatic carbocycles. The Balaban J connectivity index is 1.33. The van der Waals surface area contributed by atoms with Gasteiger partial charge in [0.25, 0.3) is 5.91 Å². The van der Waals surface area contributed by atoms with Gasteiger partial charge in [0.1, 0.15) is 24.2 Å². The maximum atomic E-state index is 15.0. The van der Waals surface area contributed by atoms with Gasteiger partial charge in [0, 0.05) is 48.2 Å². The maximum absolute atomic E-state index is 15.0. The summed E-state index contributed by atoms with van der Waals surface area (Å²) in [7, 11) is 0. The predicted octanol–water partition coefficient (Wildman–Crippen LogP) is 2.77. The minimum absolute atomic E-state index is 0.0278. The van der Waals surface area contributed by atoms with E-state index in [0.29, 0.717) is 11.4 Å². The summed E-state index contributed by atoms with van der Waals surface area (Å²) >= 11 is 0. The lowest BCUT2D eigenvalue weighted by atomic mass is 10.0. The van der Waals surface area contributed by atoms with Crippen molar-refractivity contribution in [3.63, 3.8) is 0 Å². The van der Waals surface area contributed by atoms with Crippen molar-refractivity contribution in [3.05, 3.63) is 64.5 Å². The smallest absolute Gasteiger partial charge is 0.255 e. The summed E-state index contributed by atoms with van der Waals surface area (Å²) in [5.41, 5.74) is 1.33. The van der Waals surface area contributed by atoms with Gasteiger partial charge in [0.15, 0.2) is 0 Å². The van der Waals surface area contributed by atoms with Gasteiger partial charge < -0.3 is 14.4 Å². The van der Waals surface area contributed by atoms with Crippen molar-refractivity contribution >= 4 is 17.7 Å². The minimum atomic E-state index is -3.37. The molecule has 0 aromatic heterocycles. The molecule has 3 aliphatic heterocycles. The largest absolute Gasteiger partial charge is 0.488 e.